The van der Waals surface area contributed by atoms with Crippen LogP contribution in [0.1, 0.15) is 42.9 Å². The van der Waals surface area contributed by atoms with E-state index in [9.17, 15) is 4.79 Å². The summed E-state index contributed by atoms with van der Waals surface area (Å²) in [6, 6.07) is 10.3. The van der Waals surface area contributed by atoms with E-state index in [2.05, 4.69) is 43.1 Å². The summed E-state index contributed by atoms with van der Waals surface area (Å²) in [4.78, 5) is 19.5. The summed E-state index contributed by atoms with van der Waals surface area (Å²) in [5.74, 6) is 0.0858. The molecule has 1 aromatic carbocycles. The molecule has 6 heteroatoms. The van der Waals surface area contributed by atoms with Crippen molar-refractivity contribution in [3.05, 3.63) is 53.0 Å². The minimum atomic E-state index is 0.0858. The first kappa shape index (κ1) is 22.0. The van der Waals surface area contributed by atoms with Gasteiger partial charge in [-0.05, 0) is 51.4 Å². The Morgan fingerprint density at radius 1 is 1.07 bits per heavy atom. The Morgan fingerprint density at radius 3 is 2.43 bits per heavy atom. The van der Waals surface area contributed by atoms with Crippen LogP contribution in [-0.2, 0) is 11.2 Å². The van der Waals surface area contributed by atoms with Crippen LogP contribution in [-0.4, -0.2) is 51.6 Å². The second-order valence-electron chi connectivity index (χ2n) is 7.70. The van der Waals surface area contributed by atoms with Crippen molar-refractivity contribution in [3.63, 3.8) is 0 Å². The van der Waals surface area contributed by atoms with Crippen LogP contribution >= 0.6 is 0 Å². The van der Waals surface area contributed by atoms with Crippen LogP contribution in [0, 0.1) is 20.8 Å². The zero-order valence-corrected chi connectivity index (χ0v) is 18.8. The van der Waals surface area contributed by atoms with Crippen molar-refractivity contribution in [2.24, 2.45) is 0 Å². The molecule has 0 unspecified atom stereocenters. The van der Waals surface area contributed by atoms with Crippen molar-refractivity contribution in [2.75, 3.05) is 26.2 Å². The number of aromatic nitrogens is 3. The number of hydrogen-bond acceptors (Lipinski definition) is 4. The second kappa shape index (κ2) is 9.85. The molecule has 0 saturated heterocycles. The first-order chi connectivity index (χ1) is 14.5. The van der Waals surface area contributed by atoms with Gasteiger partial charge in [0.25, 0.3) is 0 Å². The first-order valence-corrected chi connectivity index (χ1v) is 10.9. The Morgan fingerprint density at radius 2 is 1.77 bits per heavy atom. The van der Waals surface area contributed by atoms with Gasteiger partial charge in [-0.2, -0.15) is 5.10 Å². The number of fused-ring (bicyclic) bond motifs is 1. The smallest absolute Gasteiger partial charge is 0.220 e. The van der Waals surface area contributed by atoms with Gasteiger partial charge in [-0.3, -0.25) is 4.79 Å². The SMILES string of the molecule is CCN(CC)CCNC(=O)CCc1c(C)nc2c(-c3ccccc3)c(C)nn2c1C. The maximum atomic E-state index is 12.3. The fourth-order valence-electron chi connectivity index (χ4n) is 3.99. The summed E-state index contributed by atoms with van der Waals surface area (Å²) < 4.78 is 1.93. The monoisotopic (exact) mass is 407 g/mol. The van der Waals surface area contributed by atoms with Crippen molar-refractivity contribution in [2.45, 2.75) is 47.5 Å². The lowest BCUT2D eigenvalue weighted by atomic mass is 10.0. The number of amides is 1. The molecule has 3 rings (SSSR count). The largest absolute Gasteiger partial charge is 0.355 e. The molecule has 2 heterocycles. The van der Waals surface area contributed by atoms with Crippen molar-refractivity contribution >= 4 is 11.6 Å². The molecule has 0 aliphatic rings. The van der Waals surface area contributed by atoms with Crippen molar-refractivity contribution in [1.82, 2.24) is 24.8 Å². The molecule has 160 valence electrons. The van der Waals surface area contributed by atoms with E-state index in [-0.39, 0.29) is 5.91 Å². The van der Waals surface area contributed by atoms with E-state index in [4.69, 9.17) is 10.1 Å². The van der Waals surface area contributed by atoms with E-state index in [1.165, 1.54) is 0 Å². The zero-order chi connectivity index (χ0) is 21.7. The fourth-order valence-corrected chi connectivity index (χ4v) is 3.99. The van der Waals surface area contributed by atoms with Gasteiger partial charge in [-0.15, -0.1) is 0 Å². The van der Waals surface area contributed by atoms with Crippen molar-refractivity contribution in [3.8, 4) is 11.1 Å². The van der Waals surface area contributed by atoms with Gasteiger partial charge in [-0.1, -0.05) is 44.2 Å². The highest BCUT2D eigenvalue weighted by atomic mass is 16.1. The van der Waals surface area contributed by atoms with E-state index in [0.29, 0.717) is 19.4 Å². The molecule has 1 amide bonds. The van der Waals surface area contributed by atoms with E-state index in [1.54, 1.807) is 0 Å². The third-order valence-electron chi connectivity index (χ3n) is 5.81. The van der Waals surface area contributed by atoms with E-state index in [0.717, 1.165) is 59.1 Å². The fraction of sp³-hybridized carbons (Fsp3) is 0.458. The molecule has 0 atom stereocenters. The third-order valence-corrected chi connectivity index (χ3v) is 5.81. The quantitative estimate of drug-likeness (QED) is 0.587. The standard InChI is InChI=1S/C24H33N5O/c1-6-28(7-2)16-15-25-22(30)14-13-21-17(3)26-24-23(20-11-9-8-10-12-20)18(4)27-29(24)19(21)5/h8-12H,6-7,13-16H2,1-5H3,(H,25,30). The lowest BCUT2D eigenvalue weighted by molar-refractivity contribution is -0.121. The molecule has 0 spiro atoms. The topological polar surface area (TPSA) is 62.5 Å². The number of hydrogen-bond donors (Lipinski definition) is 1. The molecule has 3 aromatic rings. The van der Waals surface area contributed by atoms with Gasteiger partial charge in [0.2, 0.25) is 5.91 Å². The van der Waals surface area contributed by atoms with Gasteiger partial charge in [0, 0.05) is 36.5 Å². The number of carbonyl (C=O) groups excluding carboxylic acids is 1. The van der Waals surface area contributed by atoms with Gasteiger partial charge < -0.3 is 10.2 Å². The molecule has 6 nitrogen and oxygen atoms in total. The molecule has 2 aromatic heterocycles. The third kappa shape index (κ3) is 4.70. The van der Waals surface area contributed by atoms with Crippen LogP contribution in [0.3, 0.4) is 0 Å². The van der Waals surface area contributed by atoms with Gasteiger partial charge in [0.15, 0.2) is 5.65 Å². The van der Waals surface area contributed by atoms with Crippen LogP contribution in [0.5, 0.6) is 0 Å². The lowest BCUT2D eigenvalue weighted by Crippen LogP contribution is -2.34. The molecule has 0 aliphatic heterocycles. The Balaban J connectivity index is 1.75. The Kier molecular flexibility index (Phi) is 7.21. The molecule has 0 fully saturated rings. The zero-order valence-electron chi connectivity index (χ0n) is 18.8. The van der Waals surface area contributed by atoms with E-state index >= 15 is 0 Å². The minimum Gasteiger partial charge on any atom is -0.355 e. The van der Waals surface area contributed by atoms with Gasteiger partial charge >= 0.3 is 0 Å². The van der Waals surface area contributed by atoms with Crippen LogP contribution in [0.2, 0.25) is 0 Å². The maximum Gasteiger partial charge on any atom is 0.220 e. The number of benzene rings is 1. The number of aryl methyl sites for hydroxylation is 3. The average Bonchev–Trinajstić information content (AvgIpc) is 3.07. The number of nitrogens with zero attached hydrogens (tertiary/aromatic N) is 4. The van der Waals surface area contributed by atoms with Crippen LogP contribution < -0.4 is 5.32 Å². The Labute approximate surface area is 179 Å². The molecule has 0 radical (unpaired) electrons. The summed E-state index contributed by atoms with van der Waals surface area (Å²) in [6.45, 7) is 14.0. The normalized spacial score (nSPS) is 11.4. The highest BCUT2D eigenvalue weighted by molar-refractivity contribution is 5.80. The maximum absolute atomic E-state index is 12.3. The molecule has 0 saturated carbocycles. The summed E-state index contributed by atoms with van der Waals surface area (Å²) in [6.07, 6.45) is 1.12. The molecular formula is C24H33N5O. The van der Waals surface area contributed by atoms with E-state index in [1.807, 2.05) is 36.6 Å². The van der Waals surface area contributed by atoms with Crippen LogP contribution in [0.15, 0.2) is 30.3 Å². The number of likely N-dealkylation sites (N-methyl/N-ethyl adjacent to an activating group) is 1. The molecule has 0 bridgehead atoms. The highest BCUT2D eigenvalue weighted by Gasteiger charge is 2.18. The number of nitrogens with one attached hydrogen (secondary N) is 1. The average molecular weight is 408 g/mol. The summed E-state index contributed by atoms with van der Waals surface area (Å²) >= 11 is 0. The van der Waals surface area contributed by atoms with Gasteiger partial charge in [-0.25, -0.2) is 9.50 Å². The molecule has 30 heavy (non-hydrogen) atoms. The Bertz CT molecular complexity index is 1010. The van der Waals surface area contributed by atoms with Crippen LogP contribution in [0.25, 0.3) is 16.8 Å². The molecular weight excluding hydrogens is 374 g/mol. The van der Waals surface area contributed by atoms with Crippen molar-refractivity contribution < 1.29 is 4.79 Å². The second-order valence-corrected chi connectivity index (χ2v) is 7.70. The minimum absolute atomic E-state index is 0.0858. The highest BCUT2D eigenvalue weighted by Crippen LogP contribution is 2.29. The predicted molar refractivity (Wildman–Crippen MR) is 122 cm³/mol. The van der Waals surface area contributed by atoms with Crippen LogP contribution in [0.4, 0.5) is 0 Å². The number of rotatable bonds is 9. The number of carbonyl (C=O) groups is 1. The van der Waals surface area contributed by atoms with Gasteiger partial charge in [0.1, 0.15) is 0 Å². The molecule has 0 aliphatic carbocycles. The molecule has 1 N–H and O–H groups in total. The first-order valence-electron chi connectivity index (χ1n) is 10.9. The van der Waals surface area contributed by atoms with Crippen molar-refractivity contribution in [1.29, 1.82) is 0 Å². The van der Waals surface area contributed by atoms with E-state index < -0.39 is 0 Å². The lowest BCUT2D eigenvalue weighted by Gasteiger charge is -2.18. The van der Waals surface area contributed by atoms with Gasteiger partial charge in [0.05, 0.1) is 5.69 Å². The Hall–Kier alpha value is -2.73. The predicted octanol–water partition coefficient (Wildman–Crippen LogP) is 3.71. The summed E-state index contributed by atoms with van der Waals surface area (Å²) in [5, 5.41) is 7.79. The summed E-state index contributed by atoms with van der Waals surface area (Å²) in [7, 11) is 0. The summed E-state index contributed by atoms with van der Waals surface area (Å²) in [5.41, 5.74) is 7.15.